The fourth-order valence-electron chi connectivity index (χ4n) is 1.58. The third-order valence-corrected chi connectivity index (χ3v) is 3.82. The summed E-state index contributed by atoms with van der Waals surface area (Å²) in [7, 11) is 0. The molecule has 0 bridgehead atoms. The molecule has 1 aliphatic carbocycles. The van der Waals surface area contributed by atoms with Crippen molar-refractivity contribution in [1.82, 2.24) is 5.32 Å². The Bertz CT molecular complexity index is 279. The average Bonchev–Trinajstić information content (AvgIpc) is 2.78. The number of nitrogens with one attached hydrogen (secondary N) is 1. The van der Waals surface area contributed by atoms with E-state index in [-0.39, 0.29) is 5.41 Å². The van der Waals surface area contributed by atoms with Crippen LogP contribution in [0.25, 0.3) is 0 Å². The summed E-state index contributed by atoms with van der Waals surface area (Å²) in [6.45, 7) is 3.45. The van der Waals surface area contributed by atoms with Crippen LogP contribution < -0.4 is 5.32 Å². The van der Waals surface area contributed by atoms with Gasteiger partial charge in [-0.15, -0.1) is 0 Å². The molecule has 1 aliphatic rings. The monoisotopic (exact) mass is 211 g/mol. The highest BCUT2D eigenvalue weighted by atomic mass is 32.1. The van der Waals surface area contributed by atoms with E-state index >= 15 is 0 Å². The Morgan fingerprint density at radius 2 is 2.43 bits per heavy atom. The number of rotatable bonds is 5. The third-order valence-electron chi connectivity index (χ3n) is 3.12. The Labute approximate surface area is 89.0 Å². The van der Waals surface area contributed by atoms with Gasteiger partial charge in [0.05, 0.1) is 0 Å². The standard InChI is InChI=1S/C11H17NOS/c1-9(10-2-5-14-6-10)12-7-11(8-13)3-4-11/h2,5-6,9,12-13H,3-4,7-8H2,1H3. The number of hydrogen-bond donors (Lipinski definition) is 2. The lowest BCUT2D eigenvalue weighted by molar-refractivity contribution is 0.205. The Balaban J connectivity index is 1.81. The van der Waals surface area contributed by atoms with E-state index < -0.39 is 0 Å². The predicted octanol–water partition coefficient (Wildman–Crippen LogP) is 2.17. The van der Waals surface area contributed by atoms with Gasteiger partial charge < -0.3 is 10.4 Å². The summed E-state index contributed by atoms with van der Waals surface area (Å²) in [5, 5.41) is 16.9. The van der Waals surface area contributed by atoms with E-state index in [0.717, 1.165) is 6.54 Å². The van der Waals surface area contributed by atoms with Gasteiger partial charge in [-0.3, -0.25) is 0 Å². The van der Waals surface area contributed by atoms with Gasteiger partial charge in [0, 0.05) is 24.6 Å². The Morgan fingerprint density at radius 1 is 1.64 bits per heavy atom. The van der Waals surface area contributed by atoms with Crippen LogP contribution in [0.4, 0.5) is 0 Å². The first-order valence-electron chi connectivity index (χ1n) is 5.12. The average molecular weight is 211 g/mol. The quantitative estimate of drug-likeness (QED) is 0.782. The van der Waals surface area contributed by atoms with Crippen molar-refractivity contribution in [1.29, 1.82) is 0 Å². The fourth-order valence-corrected chi connectivity index (χ4v) is 2.33. The van der Waals surface area contributed by atoms with Gasteiger partial charge >= 0.3 is 0 Å². The molecule has 1 atom stereocenters. The molecule has 0 radical (unpaired) electrons. The van der Waals surface area contributed by atoms with Crippen LogP contribution in [0.15, 0.2) is 16.8 Å². The van der Waals surface area contributed by atoms with E-state index in [2.05, 4.69) is 29.1 Å². The van der Waals surface area contributed by atoms with Gasteiger partial charge in [0.1, 0.15) is 0 Å². The lowest BCUT2D eigenvalue weighted by Gasteiger charge is -2.17. The first-order valence-corrected chi connectivity index (χ1v) is 6.06. The van der Waals surface area contributed by atoms with Crippen LogP contribution in [0, 0.1) is 5.41 Å². The molecule has 2 N–H and O–H groups in total. The van der Waals surface area contributed by atoms with Crippen LogP contribution in [-0.4, -0.2) is 18.3 Å². The molecule has 78 valence electrons. The smallest absolute Gasteiger partial charge is 0.0499 e. The lowest BCUT2D eigenvalue weighted by atomic mass is 10.1. The zero-order valence-electron chi connectivity index (χ0n) is 8.49. The van der Waals surface area contributed by atoms with Gasteiger partial charge in [0.25, 0.3) is 0 Å². The van der Waals surface area contributed by atoms with Gasteiger partial charge in [-0.05, 0) is 42.2 Å². The molecule has 2 rings (SSSR count). The molecule has 0 spiro atoms. The van der Waals surface area contributed by atoms with Crippen molar-refractivity contribution in [2.75, 3.05) is 13.2 Å². The highest BCUT2D eigenvalue weighted by Crippen LogP contribution is 2.44. The minimum Gasteiger partial charge on any atom is -0.396 e. The second-order valence-corrected chi connectivity index (χ2v) is 5.10. The van der Waals surface area contributed by atoms with Crippen LogP contribution in [0.5, 0.6) is 0 Å². The molecule has 14 heavy (non-hydrogen) atoms. The molecular weight excluding hydrogens is 194 g/mol. The normalized spacial score (nSPS) is 20.7. The van der Waals surface area contributed by atoms with Crippen LogP contribution in [0.2, 0.25) is 0 Å². The van der Waals surface area contributed by atoms with E-state index in [1.807, 2.05) is 0 Å². The van der Waals surface area contributed by atoms with Gasteiger partial charge in [0.15, 0.2) is 0 Å². The van der Waals surface area contributed by atoms with Crippen molar-refractivity contribution in [2.45, 2.75) is 25.8 Å². The zero-order chi connectivity index (χ0) is 10.0. The molecular formula is C11H17NOS. The van der Waals surface area contributed by atoms with Crippen molar-refractivity contribution in [2.24, 2.45) is 5.41 Å². The van der Waals surface area contributed by atoms with Crippen LogP contribution in [0.3, 0.4) is 0 Å². The molecule has 1 aromatic heterocycles. The van der Waals surface area contributed by atoms with Gasteiger partial charge in [-0.25, -0.2) is 0 Å². The summed E-state index contributed by atoms with van der Waals surface area (Å²) in [6, 6.07) is 2.56. The van der Waals surface area contributed by atoms with Crippen molar-refractivity contribution in [3.63, 3.8) is 0 Å². The first-order chi connectivity index (χ1) is 6.76. The number of thiophene rings is 1. The summed E-state index contributed by atoms with van der Waals surface area (Å²) >= 11 is 1.73. The maximum absolute atomic E-state index is 9.16. The van der Waals surface area contributed by atoms with E-state index in [0.29, 0.717) is 12.6 Å². The van der Waals surface area contributed by atoms with Gasteiger partial charge in [0.2, 0.25) is 0 Å². The van der Waals surface area contributed by atoms with Crippen molar-refractivity contribution < 1.29 is 5.11 Å². The SMILES string of the molecule is CC(NCC1(CO)CC1)c1ccsc1. The maximum atomic E-state index is 9.16. The minimum absolute atomic E-state index is 0.213. The van der Waals surface area contributed by atoms with E-state index in [4.69, 9.17) is 5.11 Å². The maximum Gasteiger partial charge on any atom is 0.0499 e. The fraction of sp³-hybridized carbons (Fsp3) is 0.636. The molecule has 0 saturated heterocycles. The van der Waals surface area contributed by atoms with E-state index in [1.54, 1.807) is 11.3 Å². The second-order valence-electron chi connectivity index (χ2n) is 4.32. The molecule has 2 nitrogen and oxygen atoms in total. The van der Waals surface area contributed by atoms with Gasteiger partial charge in [-0.1, -0.05) is 0 Å². The Kier molecular flexibility index (Phi) is 2.91. The second kappa shape index (κ2) is 4.01. The third kappa shape index (κ3) is 2.16. The molecule has 3 heteroatoms. The molecule has 1 aromatic rings. The van der Waals surface area contributed by atoms with Crippen LogP contribution in [0.1, 0.15) is 31.4 Å². The topological polar surface area (TPSA) is 32.3 Å². The molecule has 1 fully saturated rings. The summed E-state index contributed by atoms with van der Waals surface area (Å²) in [5.41, 5.74) is 1.56. The summed E-state index contributed by atoms with van der Waals surface area (Å²) < 4.78 is 0. The van der Waals surface area contributed by atoms with Crippen molar-refractivity contribution in [3.8, 4) is 0 Å². The van der Waals surface area contributed by atoms with Crippen molar-refractivity contribution >= 4 is 11.3 Å². The molecule has 0 aromatic carbocycles. The molecule has 0 aliphatic heterocycles. The number of aliphatic hydroxyl groups excluding tert-OH is 1. The van der Waals surface area contributed by atoms with Gasteiger partial charge in [-0.2, -0.15) is 11.3 Å². The van der Waals surface area contributed by atoms with E-state index in [1.165, 1.54) is 18.4 Å². The van der Waals surface area contributed by atoms with Crippen LogP contribution >= 0.6 is 11.3 Å². The summed E-state index contributed by atoms with van der Waals surface area (Å²) in [4.78, 5) is 0. The van der Waals surface area contributed by atoms with Crippen molar-refractivity contribution in [3.05, 3.63) is 22.4 Å². The Morgan fingerprint density at radius 3 is 2.93 bits per heavy atom. The molecule has 1 heterocycles. The first kappa shape index (κ1) is 10.1. The summed E-state index contributed by atoms with van der Waals surface area (Å²) in [6.07, 6.45) is 2.35. The van der Waals surface area contributed by atoms with Crippen LogP contribution in [-0.2, 0) is 0 Å². The molecule has 1 unspecified atom stereocenters. The molecule has 1 saturated carbocycles. The predicted molar refractivity (Wildman–Crippen MR) is 59.5 cm³/mol. The minimum atomic E-state index is 0.213. The molecule has 0 amide bonds. The zero-order valence-corrected chi connectivity index (χ0v) is 9.31. The van der Waals surface area contributed by atoms with E-state index in [9.17, 15) is 0 Å². The lowest BCUT2D eigenvalue weighted by Crippen LogP contribution is -2.28. The number of aliphatic hydroxyl groups is 1. The largest absolute Gasteiger partial charge is 0.396 e. The highest BCUT2D eigenvalue weighted by Gasteiger charge is 2.41. The number of hydrogen-bond acceptors (Lipinski definition) is 3. The highest BCUT2D eigenvalue weighted by molar-refractivity contribution is 7.07. The summed E-state index contributed by atoms with van der Waals surface area (Å²) in [5.74, 6) is 0. The Hall–Kier alpha value is -0.380.